The van der Waals surface area contributed by atoms with E-state index in [1.165, 1.54) is 28.6 Å². The van der Waals surface area contributed by atoms with Gasteiger partial charge in [0.1, 0.15) is 5.82 Å². The Hall–Kier alpha value is -3.71. The molecule has 0 saturated carbocycles. The molecule has 0 aliphatic heterocycles. The monoisotopic (exact) mass is 432 g/mol. The average molecular weight is 433 g/mol. The highest BCUT2D eigenvalue weighted by Crippen LogP contribution is 2.31. The maximum Gasteiger partial charge on any atom is 0.335 e. The van der Waals surface area contributed by atoms with Crippen LogP contribution in [0.15, 0.2) is 90.0 Å². The molecule has 0 bridgehead atoms. The van der Waals surface area contributed by atoms with Gasteiger partial charge in [-0.05, 0) is 42.1 Å². The minimum Gasteiger partial charge on any atom is -0.478 e. The van der Waals surface area contributed by atoms with Crippen LogP contribution in [0, 0.1) is 6.92 Å². The van der Waals surface area contributed by atoms with Crippen LogP contribution in [0.5, 0.6) is 0 Å². The Balaban J connectivity index is 1.87. The second-order valence-electron chi connectivity index (χ2n) is 7.12. The van der Waals surface area contributed by atoms with Gasteiger partial charge in [0.05, 0.1) is 17.0 Å². The lowest BCUT2D eigenvalue weighted by Gasteiger charge is -2.25. The molecule has 0 spiro atoms. The first-order chi connectivity index (χ1) is 14.9. The Labute approximate surface area is 180 Å². The van der Waals surface area contributed by atoms with Gasteiger partial charge in [0.15, 0.2) is 0 Å². The summed E-state index contributed by atoms with van der Waals surface area (Å²) in [6.07, 6.45) is 1.67. The van der Waals surface area contributed by atoms with Crippen LogP contribution in [-0.4, -0.2) is 24.5 Å². The van der Waals surface area contributed by atoms with Gasteiger partial charge in [-0.25, -0.2) is 22.5 Å². The zero-order chi connectivity index (χ0) is 22.0. The number of hydrogen-bond donors (Lipinski definition) is 1. The number of benzene rings is 3. The third kappa shape index (κ3) is 4.00. The molecule has 156 valence electrons. The minimum atomic E-state index is -4.01. The zero-order valence-electron chi connectivity index (χ0n) is 16.8. The van der Waals surface area contributed by atoms with E-state index in [2.05, 4.69) is 4.98 Å². The number of nitrogens with zero attached hydrogens (tertiary/aromatic N) is 2. The predicted molar refractivity (Wildman–Crippen MR) is 120 cm³/mol. The summed E-state index contributed by atoms with van der Waals surface area (Å²) < 4.78 is 28.6. The molecule has 0 aliphatic carbocycles. The Morgan fingerprint density at radius 3 is 2.26 bits per heavy atom. The molecule has 6 nitrogen and oxygen atoms in total. The Morgan fingerprint density at radius 2 is 1.58 bits per heavy atom. The molecule has 3 aromatic carbocycles. The van der Waals surface area contributed by atoms with Gasteiger partial charge in [0, 0.05) is 17.1 Å². The lowest BCUT2D eigenvalue weighted by molar-refractivity contribution is 0.0696. The first-order valence-corrected chi connectivity index (χ1v) is 11.1. The zero-order valence-corrected chi connectivity index (χ0v) is 17.6. The molecule has 0 fully saturated rings. The van der Waals surface area contributed by atoms with Gasteiger partial charge in [-0.3, -0.25) is 0 Å². The number of aryl methyl sites for hydroxylation is 1. The number of carbonyl (C=O) groups is 1. The summed E-state index contributed by atoms with van der Waals surface area (Å²) in [5.41, 5.74) is 1.58. The molecular formula is C24H20N2O4S. The second-order valence-corrected chi connectivity index (χ2v) is 8.98. The molecule has 1 N–H and O–H groups in total. The lowest BCUT2D eigenvalue weighted by atomic mass is 10.1. The predicted octanol–water partition coefficient (Wildman–Crippen LogP) is 4.64. The van der Waals surface area contributed by atoms with E-state index < -0.39 is 16.0 Å². The molecule has 0 radical (unpaired) electrons. The summed E-state index contributed by atoms with van der Waals surface area (Å²) in [6.45, 7) is 1.95. The van der Waals surface area contributed by atoms with Crippen LogP contribution in [-0.2, 0) is 16.6 Å². The molecule has 7 heteroatoms. The van der Waals surface area contributed by atoms with Gasteiger partial charge in [0.25, 0.3) is 10.0 Å². The van der Waals surface area contributed by atoms with E-state index in [1.54, 1.807) is 6.20 Å². The minimum absolute atomic E-state index is 0.00258. The highest BCUT2D eigenvalue weighted by Gasteiger charge is 2.28. The number of sulfonamides is 1. The molecule has 0 saturated heterocycles. The van der Waals surface area contributed by atoms with E-state index in [1.807, 2.05) is 61.5 Å². The summed E-state index contributed by atoms with van der Waals surface area (Å²) >= 11 is 0. The molecule has 0 atom stereocenters. The molecule has 4 rings (SSSR count). The number of pyridine rings is 1. The molecule has 1 heterocycles. The van der Waals surface area contributed by atoms with Crippen molar-refractivity contribution < 1.29 is 18.3 Å². The van der Waals surface area contributed by atoms with Crippen LogP contribution in [0.4, 0.5) is 5.82 Å². The third-order valence-corrected chi connectivity index (χ3v) is 6.87. The number of fused-ring (bicyclic) bond motifs is 1. The SMILES string of the molecule is Cc1c(N(Cc2ccccc2)S(=O)(=O)c2ccc(C(=O)O)cc2)ncc2ccccc12. The van der Waals surface area contributed by atoms with Crippen molar-refractivity contribution in [1.29, 1.82) is 0 Å². The Bertz CT molecular complexity index is 1350. The van der Waals surface area contributed by atoms with Crippen molar-refractivity contribution in [3.05, 3.63) is 102 Å². The van der Waals surface area contributed by atoms with E-state index in [0.717, 1.165) is 21.9 Å². The van der Waals surface area contributed by atoms with Crippen molar-refractivity contribution in [2.45, 2.75) is 18.4 Å². The van der Waals surface area contributed by atoms with Gasteiger partial charge in [-0.15, -0.1) is 0 Å². The van der Waals surface area contributed by atoms with E-state index in [9.17, 15) is 13.2 Å². The number of anilines is 1. The molecular weight excluding hydrogens is 412 g/mol. The van der Waals surface area contributed by atoms with Crippen molar-refractivity contribution >= 4 is 32.6 Å². The highest BCUT2D eigenvalue weighted by molar-refractivity contribution is 7.92. The molecule has 31 heavy (non-hydrogen) atoms. The van der Waals surface area contributed by atoms with Crippen molar-refractivity contribution in [3.63, 3.8) is 0 Å². The van der Waals surface area contributed by atoms with Crippen molar-refractivity contribution in [1.82, 2.24) is 4.98 Å². The van der Waals surface area contributed by atoms with E-state index in [-0.39, 0.29) is 17.0 Å². The quantitative estimate of drug-likeness (QED) is 0.480. The molecule has 0 aliphatic rings. The summed E-state index contributed by atoms with van der Waals surface area (Å²) in [4.78, 5) is 15.7. The first-order valence-electron chi connectivity index (χ1n) is 9.62. The fourth-order valence-corrected chi connectivity index (χ4v) is 4.94. The molecule has 1 aromatic heterocycles. The van der Waals surface area contributed by atoms with Gasteiger partial charge in [-0.2, -0.15) is 0 Å². The summed E-state index contributed by atoms with van der Waals surface area (Å²) in [5, 5.41) is 11.0. The van der Waals surface area contributed by atoms with Crippen LogP contribution in [0.1, 0.15) is 21.5 Å². The van der Waals surface area contributed by atoms with Crippen LogP contribution in [0.3, 0.4) is 0 Å². The summed E-state index contributed by atoms with van der Waals surface area (Å²) in [5.74, 6) is -0.776. The van der Waals surface area contributed by atoms with Gasteiger partial charge < -0.3 is 5.11 Å². The number of aromatic nitrogens is 1. The smallest absolute Gasteiger partial charge is 0.335 e. The van der Waals surface area contributed by atoms with E-state index in [4.69, 9.17) is 5.11 Å². The van der Waals surface area contributed by atoms with Gasteiger partial charge in [0.2, 0.25) is 0 Å². The lowest BCUT2D eigenvalue weighted by Crippen LogP contribution is -2.32. The fraction of sp³-hybridized carbons (Fsp3) is 0.0833. The van der Waals surface area contributed by atoms with Crippen molar-refractivity contribution in [2.24, 2.45) is 0 Å². The maximum atomic E-state index is 13.6. The number of aromatic carboxylic acids is 1. The number of carboxylic acids is 1. The van der Waals surface area contributed by atoms with Crippen molar-refractivity contribution in [2.75, 3.05) is 4.31 Å². The first kappa shape index (κ1) is 20.6. The summed E-state index contributed by atoms with van der Waals surface area (Å²) in [7, 11) is -4.01. The Morgan fingerprint density at radius 1 is 0.935 bits per heavy atom. The van der Waals surface area contributed by atoms with E-state index in [0.29, 0.717) is 5.82 Å². The largest absolute Gasteiger partial charge is 0.478 e. The molecule has 0 amide bonds. The van der Waals surface area contributed by atoms with Crippen LogP contribution in [0.25, 0.3) is 10.8 Å². The Kier molecular flexibility index (Phi) is 5.44. The highest BCUT2D eigenvalue weighted by atomic mass is 32.2. The molecule has 0 unspecified atom stereocenters. The maximum absolute atomic E-state index is 13.6. The van der Waals surface area contributed by atoms with Crippen LogP contribution in [0.2, 0.25) is 0 Å². The number of rotatable bonds is 6. The van der Waals surface area contributed by atoms with Crippen LogP contribution >= 0.6 is 0 Å². The second kappa shape index (κ2) is 8.20. The third-order valence-electron chi connectivity index (χ3n) is 5.12. The molecule has 4 aromatic rings. The number of carboxylic acid groups (broad SMARTS) is 1. The summed E-state index contributed by atoms with van der Waals surface area (Å²) in [6, 6.07) is 22.2. The van der Waals surface area contributed by atoms with E-state index >= 15 is 0 Å². The normalized spacial score (nSPS) is 11.4. The van der Waals surface area contributed by atoms with Crippen LogP contribution < -0.4 is 4.31 Å². The number of hydrogen-bond acceptors (Lipinski definition) is 4. The van der Waals surface area contributed by atoms with Gasteiger partial charge >= 0.3 is 5.97 Å². The van der Waals surface area contributed by atoms with Gasteiger partial charge in [-0.1, -0.05) is 54.6 Å². The standard InChI is InChI=1S/C24H20N2O4S/c1-17-22-10-6-5-9-20(22)15-25-23(17)26(16-18-7-3-2-4-8-18)31(29,30)21-13-11-19(12-14-21)24(27)28/h2-15H,16H2,1H3,(H,27,28). The average Bonchev–Trinajstić information content (AvgIpc) is 2.79. The van der Waals surface area contributed by atoms with Crippen molar-refractivity contribution in [3.8, 4) is 0 Å². The topological polar surface area (TPSA) is 87.6 Å². The fourth-order valence-electron chi connectivity index (χ4n) is 3.47.